The average Bonchev–Trinajstić information content (AvgIpc) is 2.30. The second-order valence-electron chi connectivity index (χ2n) is 3.54. The zero-order chi connectivity index (χ0) is 9.84. The van der Waals surface area contributed by atoms with Crippen LogP contribution in [0.25, 0.3) is 0 Å². The molecule has 1 N–H and O–H groups in total. The van der Waals surface area contributed by atoms with Crippen LogP contribution in [0.1, 0.15) is 26.7 Å². The largest absolute Gasteiger partial charge is 0.373 e. The highest BCUT2D eigenvalue weighted by molar-refractivity contribution is 7.80. The summed E-state index contributed by atoms with van der Waals surface area (Å²) < 4.78 is 5.52. The topological polar surface area (TPSA) is 38.3 Å². The van der Waals surface area contributed by atoms with Gasteiger partial charge in [-0.15, -0.1) is 0 Å². The monoisotopic (exact) mass is 203 g/mol. The number of rotatable bonds is 3. The second-order valence-corrected chi connectivity index (χ2v) is 3.98. The molecule has 0 saturated carbocycles. The van der Waals surface area contributed by atoms with E-state index in [1.165, 1.54) is 0 Å². The molecule has 3 atom stereocenters. The standard InChI is InChI=1S/C9H17NO2S/c1-6-5-8(7(2)12-6)10-9(11)3-4-13/h6-8,13H,3-5H2,1-2H3,(H,10,11). The zero-order valence-corrected chi connectivity index (χ0v) is 9.01. The first kappa shape index (κ1) is 10.9. The third-order valence-corrected chi connectivity index (χ3v) is 2.51. The van der Waals surface area contributed by atoms with Crippen molar-refractivity contribution in [3.63, 3.8) is 0 Å². The molecule has 3 nitrogen and oxygen atoms in total. The van der Waals surface area contributed by atoms with E-state index in [-0.39, 0.29) is 24.2 Å². The summed E-state index contributed by atoms with van der Waals surface area (Å²) in [4.78, 5) is 11.2. The summed E-state index contributed by atoms with van der Waals surface area (Å²) in [5, 5.41) is 2.95. The molecule has 0 spiro atoms. The Kier molecular flexibility index (Phi) is 4.06. The number of hydrogen-bond donors (Lipinski definition) is 2. The van der Waals surface area contributed by atoms with Gasteiger partial charge in [-0.2, -0.15) is 12.6 Å². The molecular weight excluding hydrogens is 186 g/mol. The molecule has 0 aromatic carbocycles. The maximum absolute atomic E-state index is 11.2. The third kappa shape index (κ3) is 3.19. The molecule has 1 aliphatic heterocycles. The van der Waals surface area contributed by atoms with Gasteiger partial charge in [-0.25, -0.2) is 0 Å². The predicted octanol–water partition coefficient (Wildman–Crippen LogP) is 0.988. The molecule has 13 heavy (non-hydrogen) atoms. The Bertz CT molecular complexity index is 186. The van der Waals surface area contributed by atoms with E-state index in [2.05, 4.69) is 17.9 Å². The smallest absolute Gasteiger partial charge is 0.221 e. The van der Waals surface area contributed by atoms with Crippen LogP contribution in [-0.2, 0) is 9.53 Å². The highest BCUT2D eigenvalue weighted by Crippen LogP contribution is 2.19. The van der Waals surface area contributed by atoms with Gasteiger partial charge in [0.15, 0.2) is 0 Å². The molecule has 1 aliphatic rings. The van der Waals surface area contributed by atoms with Gasteiger partial charge in [0.2, 0.25) is 5.91 Å². The zero-order valence-electron chi connectivity index (χ0n) is 8.12. The second kappa shape index (κ2) is 4.86. The van der Waals surface area contributed by atoms with Crippen LogP contribution in [0.5, 0.6) is 0 Å². The SMILES string of the molecule is CC1CC(NC(=O)CCS)C(C)O1. The van der Waals surface area contributed by atoms with Crippen molar-refractivity contribution in [2.75, 3.05) is 5.75 Å². The molecule has 1 amide bonds. The maximum atomic E-state index is 11.2. The van der Waals surface area contributed by atoms with Crippen molar-refractivity contribution in [1.29, 1.82) is 0 Å². The van der Waals surface area contributed by atoms with Gasteiger partial charge in [0, 0.05) is 6.42 Å². The summed E-state index contributed by atoms with van der Waals surface area (Å²) in [5.41, 5.74) is 0. The van der Waals surface area contributed by atoms with Crippen LogP contribution in [0.2, 0.25) is 0 Å². The normalized spacial score (nSPS) is 33.3. The van der Waals surface area contributed by atoms with Crippen molar-refractivity contribution in [3.05, 3.63) is 0 Å². The number of thiol groups is 1. The minimum absolute atomic E-state index is 0.0737. The Hall–Kier alpha value is -0.220. The Balaban J connectivity index is 2.32. The lowest BCUT2D eigenvalue weighted by Crippen LogP contribution is -2.39. The fourth-order valence-electron chi connectivity index (χ4n) is 1.62. The molecule has 1 rings (SSSR count). The number of carbonyl (C=O) groups excluding carboxylic acids is 1. The van der Waals surface area contributed by atoms with Gasteiger partial charge in [0.1, 0.15) is 0 Å². The molecule has 0 bridgehead atoms. The highest BCUT2D eigenvalue weighted by Gasteiger charge is 2.30. The predicted molar refractivity (Wildman–Crippen MR) is 55.0 cm³/mol. The van der Waals surface area contributed by atoms with Gasteiger partial charge in [-0.1, -0.05) is 0 Å². The molecule has 0 radical (unpaired) electrons. The fourth-order valence-corrected chi connectivity index (χ4v) is 1.83. The third-order valence-electron chi connectivity index (χ3n) is 2.28. The Labute approximate surface area is 84.6 Å². The number of nitrogens with one attached hydrogen (secondary N) is 1. The first-order valence-electron chi connectivity index (χ1n) is 4.69. The van der Waals surface area contributed by atoms with Crippen LogP contribution in [0.4, 0.5) is 0 Å². The van der Waals surface area contributed by atoms with E-state index in [0.29, 0.717) is 12.2 Å². The van der Waals surface area contributed by atoms with E-state index in [4.69, 9.17) is 4.74 Å². The van der Waals surface area contributed by atoms with E-state index in [1.54, 1.807) is 0 Å². The molecule has 0 aliphatic carbocycles. The maximum Gasteiger partial charge on any atom is 0.221 e. The Morgan fingerprint density at radius 2 is 2.31 bits per heavy atom. The van der Waals surface area contributed by atoms with Crippen LogP contribution in [0, 0.1) is 0 Å². The molecule has 3 unspecified atom stereocenters. The van der Waals surface area contributed by atoms with Crippen molar-refractivity contribution in [3.8, 4) is 0 Å². The van der Waals surface area contributed by atoms with Crippen molar-refractivity contribution < 1.29 is 9.53 Å². The van der Waals surface area contributed by atoms with Gasteiger partial charge in [0.25, 0.3) is 0 Å². The number of ether oxygens (including phenoxy) is 1. The molecule has 76 valence electrons. The van der Waals surface area contributed by atoms with Crippen LogP contribution < -0.4 is 5.32 Å². The molecular formula is C9H17NO2S. The van der Waals surface area contributed by atoms with Gasteiger partial charge in [-0.3, -0.25) is 4.79 Å². The van der Waals surface area contributed by atoms with Crippen molar-refractivity contribution in [2.24, 2.45) is 0 Å². The number of amides is 1. The molecule has 1 heterocycles. The van der Waals surface area contributed by atoms with Crippen LogP contribution in [0.15, 0.2) is 0 Å². The van der Waals surface area contributed by atoms with Gasteiger partial charge in [0.05, 0.1) is 18.2 Å². The van der Waals surface area contributed by atoms with E-state index in [0.717, 1.165) is 6.42 Å². The summed E-state index contributed by atoms with van der Waals surface area (Å²) in [7, 11) is 0. The van der Waals surface area contributed by atoms with Gasteiger partial charge >= 0.3 is 0 Å². The minimum Gasteiger partial charge on any atom is -0.373 e. The molecule has 0 aromatic heterocycles. The van der Waals surface area contributed by atoms with E-state index < -0.39 is 0 Å². The lowest BCUT2D eigenvalue weighted by Gasteiger charge is -2.15. The summed E-state index contributed by atoms with van der Waals surface area (Å²) in [6, 6.07) is 0.183. The fraction of sp³-hybridized carbons (Fsp3) is 0.889. The first-order valence-corrected chi connectivity index (χ1v) is 5.32. The van der Waals surface area contributed by atoms with E-state index in [1.807, 2.05) is 13.8 Å². The number of carbonyl (C=O) groups is 1. The average molecular weight is 203 g/mol. The summed E-state index contributed by atoms with van der Waals surface area (Å²) in [5.74, 6) is 0.674. The van der Waals surface area contributed by atoms with Crippen LogP contribution >= 0.6 is 12.6 Å². The molecule has 4 heteroatoms. The first-order chi connectivity index (χ1) is 6.13. The lowest BCUT2D eigenvalue weighted by atomic mass is 10.1. The Morgan fingerprint density at radius 1 is 1.62 bits per heavy atom. The van der Waals surface area contributed by atoms with Gasteiger partial charge < -0.3 is 10.1 Å². The molecule has 1 saturated heterocycles. The van der Waals surface area contributed by atoms with Crippen molar-refractivity contribution in [2.45, 2.75) is 44.9 Å². The minimum atomic E-state index is 0.0737. The van der Waals surface area contributed by atoms with Crippen LogP contribution in [0.3, 0.4) is 0 Å². The summed E-state index contributed by atoms with van der Waals surface area (Å²) >= 11 is 4.00. The van der Waals surface area contributed by atoms with E-state index in [9.17, 15) is 4.79 Å². The number of hydrogen-bond acceptors (Lipinski definition) is 3. The van der Waals surface area contributed by atoms with E-state index >= 15 is 0 Å². The van der Waals surface area contributed by atoms with Crippen LogP contribution in [-0.4, -0.2) is 29.9 Å². The highest BCUT2D eigenvalue weighted by atomic mass is 32.1. The molecule has 0 aromatic rings. The summed E-state index contributed by atoms with van der Waals surface area (Å²) in [6.45, 7) is 4.02. The Morgan fingerprint density at radius 3 is 2.77 bits per heavy atom. The summed E-state index contributed by atoms with van der Waals surface area (Å²) in [6.07, 6.45) is 1.80. The molecule has 1 fully saturated rings. The van der Waals surface area contributed by atoms with Crippen molar-refractivity contribution >= 4 is 18.5 Å². The quantitative estimate of drug-likeness (QED) is 0.671. The van der Waals surface area contributed by atoms with Crippen molar-refractivity contribution in [1.82, 2.24) is 5.32 Å². The lowest BCUT2D eigenvalue weighted by molar-refractivity contribution is -0.121. The van der Waals surface area contributed by atoms with Gasteiger partial charge in [-0.05, 0) is 26.0 Å².